The van der Waals surface area contributed by atoms with Gasteiger partial charge in [0.25, 0.3) is 5.56 Å². The van der Waals surface area contributed by atoms with Crippen molar-refractivity contribution in [1.29, 1.82) is 0 Å². The molecule has 1 aromatic heterocycles. The van der Waals surface area contributed by atoms with Crippen LogP contribution in [0.2, 0.25) is 0 Å². The van der Waals surface area contributed by atoms with E-state index in [0.29, 0.717) is 12.0 Å². The van der Waals surface area contributed by atoms with Gasteiger partial charge in [0.1, 0.15) is 0 Å². The number of nitrogens with zero attached hydrogens (tertiary/aromatic N) is 1. The second kappa shape index (κ2) is 6.39. The van der Waals surface area contributed by atoms with Crippen molar-refractivity contribution in [3.05, 3.63) is 64.1 Å². The first-order valence-electron chi connectivity index (χ1n) is 6.95. The molecule has 0 aliphatic heterocycles. The predicted molar refractivity (Wildman–Crippen MR) is 81.8 cm³/mol. The smallest absolute Gasteiger partial charge is 0.313 e. The Labute approximate surface area is 124 Å². The fourth-order valence-corrected chi connectivity index (χ4v) is 2.49. The van der Waals surface area contributed by atoms with Gasteiger partial charge in [-0.25, -0.2) is 0 Å². The Kier molecular flexibility index (Phi) is 4.58. The first-order valence-corrected chi connectivity index (χ1v) is 6.95. The van der Waals surface area contributed by atoms with Gasteiger partial charge in [0, 0.05) is 17.4 Å². The van der Waals surface area contributed by atoms with Crippen LogP contribution in [0, 0.1) is 6.92 Å². The van der Waals surface area contributed by atoms with Gasteiger partial charge in [0.05, 0.1) is 13.0 Å². The number of para-hydroxylation sites is 1. The van der Waals surface area contributed by atoms with Crippen LogP contribution in [0.1, 0.15) is 30.4 Å². The molecule has 4 heteroatoms. The van der Waals surface area contributed by atoms with E-state index in [9.17, 15) is 9.59 Å². The van der Waals surface area contributed by atoms with Gasteiger partial charge in [0.15, 0.2) is 0 Å². The average molecular weight is 285 g/mol. The molecule has 0 saturated carbocycles. The minimum atomic E-state index is -0.529. The van der Waals surface area contributed by atoms with E-state index in [1.807, 2.05) is 50.2 Å². The SMILES string of the molecule is CCC(C(=O)OC)c1c(C)ccn(-c2ccccc2)c1=O. The number of aryl methyl sites for hydroxylation is 1. The quantitative estimate of drug-likeness (QED) is 0.812. The van der Waals surface area contributed by atoms with Crippen LogP contribution < -0.4 is 5.56 Å². The zero-order valence-corrected chi connectivity index (χ0v) is 12.5. The first-order chi connectivity index (χ1) is 10.1. The topological polar surface area (TPSA) is 48.3 Å². The summed E-state index contributed by atoms with van der Waals surface area (Å²) < 4.78 is 6.39. The van der Waals surface area contributed by atoms with Crippen LogP contribution in [0.15, 0.2) is 47.4 Å². The van der Waals surface area contributed by atoms with Gasteiger partial charge in [0.2, 0.25) is 0 Å². The van der Waals surface area contributed by atoms with Crippen LogP contribution in [0.5, 0.6) is 0 Å². The van der Waals surface area contributed by atoms with Gasteiger partial charge < -0.3 is 4.74 Å². The number of methoxy groups -OCH3 is 1. The van der Waals surface area contributed by atoms with E-state index < -0.39 is 5.92 Å². The highest BCUT2D eigenvalue weighted by molar-refractivity contribution is 5.78. The summed E-state index contributed by atoms with van der Waals surface area (Å²) in [6, 6.07) is 11.2. The summed E-state index contributed by atoms with van der Waals surface area (Å²) in [7, 11) is 1.35. The van der Waals surface area contributed by atoms with Crippen LogP contribution >= 0.6 is 0 Å². The molecule has 21 heavy (non-hydrogen) atoms. The van der Waals surface area contributed by atoms with E-state index in [1.165, 1.54) is 7.11 Å². The molecule has 0 aliphatic carbocycles. The minimum Gasteiger partial charge on any atom is -0.469 e. The number of carbonyl (C=O) groups excluding carboxylic acids is 1. The maximum absolute atomic E-state index is 12.8. The third kappa shape index (κ3) is 2.89. The van der Waals surface area contributed by atoms with E-state index in [1.54, 1.807) is 10.8 Å². The second-order valence-electron chi connectivity index (χ2n) is 4.91. The molecule has 0 N–H and O–H groups in total. The van der Waals surface area contributed by atoms with Crippen LogP contribution in [0.25, 0.3) is 5.69 Å². The maximum atomic E-state index is 12.8. The summed E-state index contributed by atoms with van der Waals surface area (Å²) in [6.07, 6.45) is 2.27. The molecular weight excluding hydrogens is 266 g/mol. The summed E-state index contributed by atoms with van der Waals surface area (Å²) >= 11 is 0. The van der Waals surface area contributed by atoms with E-state index >= 15 is 0 Å². The zero-order valence-electron chi connectivity index (χ0n) is 12.5. The van der Waals surface area contributed by atoms with E-state index in [4.69, 9.17) is 4.74 Å². The van der Waals surface area contributed by atoms with Gasteiger partial charge in [-0.05, 0) is 37.1 Å². The largest absolute Gasteiger partial charge is 0.469 e. The molecule has 2 aromatic rings. The number of hydrogen-bond acceptors (Lipinski definition) is 3. The first kappa shape index (κ1) is 15.0. The van der Waals surface area contributed by atoms with E-state index in [-0.39, 0.29) is 11.5 Å². The minimum absolute atomic E-state index is 0.168. The molecule has 0 bridgehead atoms. The standard InChI is InChI=1S/C17H19NO3/c1-4-14(17(20)21-3)15-12(2)10-11-18(16(15)19)13-8-6-5-7-9-13/h5-11,14H,4H2,1-3H3. The molecule has 1 unspecified atom stereocenters. The molecule has 0 saturated heterocycles. The predicted octanol–water partition coefficient (Wildman–Crippen LogP) is 2.81. The lowest BCUT2D eigenvalue weighted by molar-refractivity contribution is -0.142. The summed E-state index contributed by atoms with van der Waals surface area (Å²) in [5, 5.41) is 0. The number of ether oxygens (including phenoxy) is 1. The zero-order chi connectivity index (χ0) is 15.4. The average Bonchev–Trinajstić information content (AvgIpc) is 2.51. The monoisotopic (exact) mass is 285 g/mol. The molecule has 0 amide bonds. The second-order valence-corrected chi connectivity index (χ2v) is 4.91. The molecule has 0 fully saturated rings. The van der Waals surface area contributed by atoms with Crippen LogP contribution in [0.3, 0.4) is 0 Å². The van der Waals surface area contributed by atoms with Gasteiger partial charge in [-0.15, -0.1) is 0 Å². The van der Waals surface area contributed by atoms with E-state index in [0.717, 1.165) is 11.3 Å². The lowest BCUT2D eigenvalue weighted by atomic mass is 9.94. The Balaban J connectivity index is 2.62. The van der Waals surface area contributed by atoms with Crippen molar-refractivity contribution in [3.8, 4) is 5.69 Å². The molecule has 1 aromatic carbocycles. The highest BCUT2D eigenvalue weighted by Gasteiger charge is 2.25. The summed E-state index contributed by atoms with van der Waals surface area (Å²) in [5.41, 5.74) is 1.93. The fraction of sp³-hybridized carbons (Fsp3) is 0.294. The van der Waals surface area contributed by atoms with Gasteiger partial charge >= 0.3 is 5.97 Å². The summed E-state index contributed by atoms with van der Waals surface area (Å²) in [4.78, 5) is 24.7. The summed E-state index contributed by atoms with van der Waals surface area (Å²) in [5.74, 6) is -0.901. The molecule has 0 aliphatic rings. The lowest BCUT2D eigenvalue weighted by Crippen LogP contribution is -2.28. The molecule has 1 atom stereocenters. The Morgan fingerprint density at radius 3 is 2.48 bits per heavy atom. The van der Waals surface area contributed by atoms with Crippen LogP contribution in [-0.2, 0) is 9.53 Å². The van der Waals surface area contributed by atoms with Crippen LogP contribution in [-0.4, -0.2) is 17.6 Å². The van der Waals surface area contributed by atoms with Gasteiger partial charge in [-0.2, -0.15) is 0 Å². The summed E-state index contributed by atoms with van der Waals surface area (Å²) in [6.45, 7) is 3.72. The molecule has 0 radical (unpaired) electrons. The van der Waals surface area contributed by atoms with Crippen molar-refractivity contribution in [2.75, 3.05) is 7.11 Å². The Morgan fingerprint density at radius 1 is 1.24 bits per heavy atom. The van der Waals surface area contributed by atoms with E-state index in [2.05, 4.69) is 0 Å². The molecule has 0 spiro atoms. The van der Waals surface area contributed by atoms with Crippen molar-refractivity contribution >= 4 is 5.97 Å². The molecular formula is C17H19NO3. The highest BCUT2D eigenvalue weighted by Crippen LogP contribution is 2.21. The normalized spacial score (nSPS) is 12.0. The van der Waals surface area contributed by atoms with Gasteiger partial charge in [-0.1, -0.05) is 25.1 Å². The number of rotatable bonds is 4. The van der Waals surface area contributed by atoms with Crippen LogP contribution in [0.4, 0.5) is 0 Å². The Bertz CT molecular complexity index is 689. The highest BCUT2D eigenvalue weighted by atomic mass is 16.5. The number of carbonyl (C=O) groups is 1. The van der Waals surface area contributed by atoms with Crippen molar-refractivity contribution in [2.24, 2.45) is 0 Å². The Morgan fingerprint density at radius 2 is 1.90 bits per heavy atom. The van der Waals surface area contributed by atoms with Crippen molar-refractivity contribution < 1.29 is 9.53 Å². The molecule has 110 valence electrons. The Hall–Kier alpha value is -2.36. The molecule has 1 heterocycles. The lowest BCUT2D eigenvalue weighted by Gasteiger charge is -2.16. The number of pyridine rings is 1. The van der Waals surface area contributed by atoms with Gasteiger partial charge in [-0.3, -0.25) is 14.2 Å². The van der Waals surface area contributed by atoms with Crippen molar-refractivity contribution in [2.45, 2.75) is 26.2 Å². The number of benzene rings is 1. The molecule has 4 nitrogen and oxygen atoms in total. The number of aromatic nitrogens is 1. The third-order valence-corrected chi connectivity index (χ3v) is 3.62. The third-order valence-electron chi connectivity index (χ3n) is 3.62. The number of esters is 1. The van der Waals surface area contributed by atoms with Crippen molar-refractivity contribution in [1.82, 2.24) is 4.57 Å². The van der Waals surface area contributed by atoms with Crippen molar-refractivity contribution in [3.63, 3.8) is 0 Å². The fourth-order valence-electron chi connectivity index (χ4n) is 2.49. The number of hydrogen-bond donors (Lipinski definition) is 0. The molecule has 2 rings (SSSR count). The maximum Gasteiger partial charge on any atom is 0.313 e.